The first-order valence-electron chi connectivity index (χ1n) is 6.47. The molecular formula is C15H22FNO. The molecule has 0 amide bonds. The number of halogens is 1. The molecule has 3 heteroatoms. The van der Waals surface area contributed by atoms with Gasteiger partial charge in [0.05, 0.1) is 0 Å². The average Bonchev–Trinajstić information content (AvgIpc) is 2.31. The maximum Gasteiger partial charge on any atom is 0.165 e. The normalized spacial score (nSPS) is 14.3. The van der Waals surface area contributed by atoms with Crippen molar-refractivity contribution in [2.75, 3.05) is 0 Å². The number of Topliss-reactive ketones (excluding diaryl/α,β-unsaturated/α-hetero) is 1. The van der Waals surface area contributed by atoms with Gasteiger partial charge in [0.1, 0.15) is 5.82 Å². The molecule has 0 aliphatic rings. The van der Waals surface area contributed by atoms with Crippen LogP contribution in [0.5, 0.6) is 0 Å². The molecule has 0 bridgehead atoms. The summed E-state index contributed by atoms with van der Waals surface area (Å²) in [6.07, 6.45) is 2.71. The van der Waals surface area contributed by atoms with Gasteiger partial charge in [-0.25, -0.2) is 4.39 Å². The lowest BCUT2D eigenvalue weighted by molar-refractivity contribution is 0.0922. The van der Waals surface area contributed by atoms with Crippen LogP contribution in [0.3, 0.4) is 0 Å². The molecule has 0 aliphatic heterocycles. The Morgan fingerprint density at radius 3 is 2.56 bits per heavy atom. The molecule has 1 aromatic carbocycles. The van der Waals surface area contributed by atoms with Crippen molar-refractivity contribution in [3.63, 3.8) is 0 Å². The highest BCUT2D eigenvalue weighted by Gasteiger charge is 2.15. The second-order valence-electron chi connectivity index (χ2n) is 5.14. The number of hydrogen-bond acceptors (Lipinski definition) is 2. The van der Waals surface area contributed by atoms with Gasteiger partial charge in [-0.05, 0) is 50.5 Å². The molecule has 0 saturated carbocycles. The summed E-state index contributed by atoms with van der Waals surface area (Å²) < 4.78 is 13.1. The minimum atomic E-state index is -0.267. The van der Waals surface area contributed by atoms with Gasteiger partial charge < -0.3 is 5.73 Å². The first-order valence-corrected chi connectivity index (χ1v) is 6.47. The highest BCUT2D eigenvalue weighted by molar-refractivity contribution is 5.97. The number of hydrogen-bond donors (Lipinski definition) is 1. The van der Waals surface area contributed by atoms with Crippen LogP contribution >= 0.6 is 0 Å². The minimum absolute atomic E-state index is 0.0337. The van der Waals surface area contributed by atoms with Crippen LogP contribution in [0.25, 0.3) is 0 Å². The SMILES string of the molecule is Cc1cc(C(=O)C(C)CCCC(C)N)ccc1F. The molecule has 0 heterocycles. The zero-order chi connectivity index (χ0) is 13.7. The maximum atomic E-state index is 13.1. The summed E-state index contributed by atoms with van der Waals surface area (Å²) in [6, 6.07) is 4.73. The van der Waals surface area contributed by atoms with Gasteiger partial charge in [0.2, 0.25) is 0 Å². The van der Waals surface area contributed by atoms with Crippen LogP contribution in [-0.2, 0) is 0 Å². The highest BCUT2D eigenvalue weighted by Crippen LogP contribution is 2.17. The van der Waals surface area contributed by atoms with Gasteiger partial charge in [-0.2, -0.15) is 0 Å². The Hall–Kier alpha value is -1.22. The van der Waals surface area contributed by atoms with E-state index in [1.165, 1.54) is 6.07 Å². The molecular weight excluding hydrogens is 229 g/mol. The summed E-state index contributed by atoms with van der Waals surface area (Å²) in [6.45, 7) is 5.56. The lowest BCUT2D eigenvalue weighted by Crippen LogP contribution is -2.16. The number of carbonyl (C=O) groups is 1. The van der Waals surface area contributed by atoms with Crippen LogP contribution in [0.4, 0.5) is 4.39 Å². The number of carbonyl (C=O) groups excluding carboxylic acids is 1. The van der Waals surface area contributed by atoms with E-state index in [0.717, 1.165) is 19.3 Å². The predicted molar refractivity (Wildman–Crippen MR) is 72.1 cm³/mol. The van der Waals surface area contributed by atoms with Gasteiger partial charge in [-0.15, -0.1) is 0 Å². The largest absolute Gasteiger partial charge is 0.328 e. The molecule has 2 unspecified atom stereocenters. The van der Waals surface area contributed by atoms with Gasteiger partial charge in [0.25, 0.3) is 0 Å². The molecule has 0 spiro atoms. The number of nitrogens with two attached hydrogens (primary N) is 1. The third kappa shape index (κ3) is 4.22. The van der Waals surface area contributed by atoms with Crippen LogP contribution < -0.4 is 5.73 Å². The lowest BCUT2D eigenvalue weighted by atomic mass is 9.93. The maximum absolute atomic E-state index is 13.1. The van der Waals surface area contributed by atoms with Gasteiger partial charge in [-0.3, -0.25) is 4.79 Å². The number of benzene rings is 1. The molecule has 0 aromatic heterocycles. The van der Waals surface area contributed by atoms with Gasteiger partial charge >= 0.3 is 0 Å². The van der Waals surface area contributed by atoms with E-state index >= 15 is 0 Å². The first-order chi connectivity index (χ1) is 8.41. The third-order valence-electron chi connectivity index (χ3n) is 3.19. The molecule has 2 atom stereocenters. The Morgan fingerprint density at radius 1 is 1.33 bits per heavy atom. The van der Waals surface area contributed by atoms with E-state index < -0.39 is 0 Å². The average molecular weight is 251 g/mol. The molecule has 0 aliphatic carbocycles. The summed E-state index contributed by atoms with van der Waals surface area (Å²) >= 11 is 0. The van der Waals surface area contributed by atoms with Crippen molar-refractivity contribution in [1.82, 2.24) is 0 Å². The van der Waals surface area contributed by atoms with Gasteiger partial charge in [0.15, 0.2) is 5.78 Å². The summed E-state index contributed by atoms with van der Waals surface area (Å²) in [4.78, 5) is 12.1. The predicted octanol–water partition coefficient (Wildman–Crippen LogP) is 3.47. The van der Waals surface area contributed by atoms with Crippen LogP contribution in [0.15, 0.2) is 18.2 Å². The summed E-state index contributed by atoms with van der Waals surface area (Å²) in [7, 11) is 0. The van der Waals surface area contributed by atoms with E-state index in [2.05, 4.69) is 0 Å². The quantitative estimate of drug-likeness (QED) is 0.787. The smallest absolute Gasteiger partial charge is 0.165 e. The highest BCUT2D eigenvalue weighted by atomic mass is 19.1. The van der Waals surface area contributed by atoms with Crippen molar-refractivity contribution >= 4 is 5.78 Å². The molecule has 1 aromatic rings. The van der Waals surface area contributed by atoms with Crippen LogP contribution in [-0.4, -0.2) is 11.8 Å². The summed E-state index contributed by atoms with van der Waals surface area (Å²) in [5.74, 6) is -0.215. The third-order valence-corrected chi connectivity index (χ3v) is 3.19. The standard InChI is InChI=1S/C15H22FNO/c1-10(5-4-6-12(3)17)15(18)13-7-8-14(16)11(2)9-13/h7-10,12H,4-6,17H2,1-3H3. The molecule has 0 fully saturated rings. The number of aryl methyl sites for hydroxylation is 1. The fourth-order valence-electron chi connectivity index (χ4n) is 1.96. The first kappa shape index (κ1) is 14.8. The monoisotopic (exact) mass is 251 g/mol. The van der Waals surface area contributed by atoms with Crippen molar-refractivity contribution in [1.29, 1.82) is 0 Å². The molecule has 0 saturated heterocycles. The van der Waals surface area contributed by atoms with Crippen molar-refractivity contribution in [2.45, 2.75) is 46.1 Å². The second-order valence-corrected chi connectivity index (χ2v) is 5.14. The topological polar surface area (TPSA) is 43.1 Å². The zero-order valence-electron chi connectivity index (χ0n) is 11.4. The van der Waals surface area contributed by atoms with Gasteiger partial charge in [0, 0.05) is 17.5 Å². The van der Waals surface area contributed by atoms with E-state index in [9.17, 15) is 9.18 Å². The number of rotatable bonds is 6. The van der Waals surface area contributed by atoms with E-state index in [0.29, 0.717) is 11.1 Å². The summed E-state index contributed by atoms with van der Waals surface area (Å²) in [5.41, 5.74) is 6.79. The van der Waals surface area contributed by atoms with Gasteiger partial charge in [-0.1, -0.05) is 13.3 Å². The molecule has 2 nitrogen and oxygen atoms in total. The zero-order valence-corrected chi connectivity index (χ0v) is 11.4. The Balaban J connectivity index is 2.60. The van der Waals surface area contributed by atoms with Crippen molar-refractivity contribution in [2.24, 2.45) is 11.7 Å². The van der Waals surface area contributed by atoms with Crippen LogP contribution in [0, 0.1) is 18.7 Å². The van der Waals surface area contributed by atoms with E-state index in [1.54, 1.807) is 19.1 Å². The molecule has 18 heavy (non-hydrogen) atoms. The van der Waals surface area contributed by atoms with Crippen molar-refractivity contribution in [3.8, 4) is 0 Å². The Morgan fingerprint density at radius 2 is 2.00 bits per heavy atom. The fraction of sp³-hybridized carbons (Fsp3) is 0.533. The lowest BCUT2D eigenvalue weighted by Gasteiger charge is -2.12. The van der Waals surface area contributed by atoms with Crippen molar-refractivity contribution in [3.05, 3.63) is 35.1 Å². The van der Waals surface area contributed by atoms with Crippen molar-refractivity contribution < 1.29 is 9.18 Å². The van der Waals surface area contributed by atoms with Crippen LogP contribution in [0.2, 0.25) is 0 Å². The van der Waals surface area contributed by atoms with E-state index in [4.69, 9.17) is 5.73 Å². The van der Waals surface area contributed by atoms with E-state index in [1.807, 2.05) is 13.8 Å². The van der Waals surface area contributed by atoms with Crippen LogP contribution in [0.1, 0.15) is 49.0 Å². The minimum Gasteiger partial charge on any atom is -0.328 e. The molecule has 100 valence electrons. The Bertz CT molecular complexity index is 415. The van der Waals surface area contributed by atoms with E-state index in [-0.39, 0.29) is 23.6 Å². The summed E-state index contributed by atoms with van der Waals surface area (Å²) in [5, 5.41) is 0. The molecule has 0 radical (unpaired) electrons. The molecule has 1 rings (SSSR count). The second kappa shape index (κ2) is 6.64. The Labute approximate surface area is 108 Å². The number of ketones is 1. The Kier molecular flexibility index (Phi) is 5.48. The molecule has 2 N–H and O–H groups in total. The fourth-order valence-corrected chi connectivity index (χ4v) is 1.96.